The van der Waals surface area contributed by atoms with Crippen LogP contribution in [-0.2, 0) is 6.54 Å². The van der Waals surface area contributed by atoms with Crippen LogP contribution in [-0.4, -0.2) is 43.6 Å². The van der Waals surface area contributed by atoms with Crippen molar-refractivity contribution in [2.45, 2.75) is 26.3 Å². The van der Waals surface area contributed by atoms with Crippen LogP contribution < -0.4 is 14.2 Å². The van der Waals surface area contributed by atoms with Gasteiger partial charge in [-0.1, -0.05) is 13.3 Å². The number of methoxy groups -OCH3 is 2. The van der Waals surface area contributed by atoms with E-state index in [1.807, 2.05) is 7.05 Å². The molecule has 7 heteroatoms. The van der Waals surface area contributed by atoms with E-state index in [1.165, 1.54) is 0 Å². The van der Waals surface area contributed by atoms with Crippen LogP contribution in [0.1, 0.15) is 41.3 Å². The minimum atomic E-state index is -0.220. The Bertz CT molecular complexity index is 941. The van der Waals surface area contributed by atoms with Gasteiger partial charge in [0.05, 0.1) is 25.3 Å². The first-order chi connectivity index (χ1) is 14.0. The summed E-state index contributed by atoms with van der Waals surface area (Å²) in [6.45, 7) is 3.53. The summed E-state index contributed by atoms with van der Waals surface area (Å²) in [5, 5.41) is 10.4. The summed E-state index contributed by atoms with van der Waals surface area (Å²) in [4.78, 5) is 15.0. The summed E-state index contributed by atoms with van der Waals surface area (Å²) >= 11 is 0. The first-order valence-corrected chi connectivity index (χ1v) is 9.68. The molecule has 0 fully saturated rings. The van der Waals surface area contributed by atoms with E-state index in [1.54, 1.807) is 50.6 Å². The molecule has 1 aliphatic rings. The van der Waals surface area contributed by atoms with Gasteiger partial charge in [-0.25, -0.2) is 0 Å². The Hall–Kier alpha value is -2.70. The van der Waals surface area contributed by atoms with Crippen molar-refractivity contribution in [2.75, 3.05) is 27.8 Å². The van der Waals surface area contributed by atoms with E-state index < -0.39 is 0 Å². The molecule has 0 atom stereocenters. The molecular weight excluding hydrogens is 406 g/mol. The Balaban J connectivity index is 0.00000320. The van der Waals surface area contributed by atoms with Gasteiger partial charge in [-0.2, -0.15) is 0 Å². The molecule has 2 aromatic rings. The number of rotatable bonds is 8. The Morgan fingerprint density at radius 3 is 2.60 bits per heavy atom. The predicted octanol–water partition coefficient (Wildman–Crippen LogP) is 4.68. The Labute approximate surface area is 183 Å². The van der Waals surface area contributed by atoms with Crippen LogP contribution in [0.5, 0.6) is 23.0 Å². The number of benzene rings is 2. The van der Waals surface area contributed by atoms with Crippen LogP contribution in [0, 0.1) is 0 Å². The highest BCUT2D eigenvalue weighted by Crippen LogP contribution is 2.40. The van der Waals surface area contributed by atoms with Gasteiger partial charge in [-0.3, -0.25) is 4.79 Å². The molecule has 0 bridgehead atoms. The molecule has 2 aromatic carbocycles. The highest BCUT2D eigenvalue weighted by molar-refractivity contribution is 6.15. The molecule has 0 aliphatic carbocycles. The number of ketones is 1. The minimum Gasteiger partial charge on any atom is -0.507 e. The van der Waals surface area contributed by atoms with Gasteiger partial charge in [0.25, 0.3) is 0 Å². The Kier molecular flexibility index (Phi) is 8.15. The van der Waals surface area contributed by atoms with E-state index in [9.17, 15) is 9.90 Å². The third kappa shape index (κ3) is 4.89. The molecule has 30 heavy (non-hydrogen) atoms. The molecule has 1 heterocycles. The monoisotopic (exact) mass is 433 g/mol. The average molecular weight is 434 g/mol. The molecule has 0 amide bonds. The number of carbonyl (C=O) groups excluding carboxylic acids is 1. The first-order valence-electron chi connectivity index (χ1n) is 9.68. The molecule has 0 unspecified atom stereocenters. The number of Topliss-reactive ketones (excluding diaryl/α,β-unsaturated/α-hetero) is 1. The second-order valence-electron chi connectivity index (χ2n) is 7.08. The number of carbonyl (C=O) groups is 1. The van der Waals surface area contributed by atoms with Gasteiger partial charge in [0, 0.05) is 12.1 Å². The number of ether oxygens (including phenoxy) is 3. The number of allylic oxidation sites excluding steroid dienone is 1. The van der Waals surface area contributed by atoms with E-state index in [-0.39, 0.29) is 29.7 Å². The van der Waals surface area contributed by atoms with Crippen molar-refractivity contribution in [3.8, 4) is 23.0 Å². The lowest BCUT2D eigenvalue weighted by molar-refractivity contribution is 0.101. The quantitative estimate of drug-likeness (QED) is 0.609. The maximum absolute atomic E-state index is 12.9. The molecule has 0 saturated heterocycles. The largest absolute Gasteiger partial charge is 0.507 e. The van der Waals surface area contributed by atoms with Gasteiger partial charge in [0.2, 0.25) is 5.78 Å². The summed E-state index contributed by atoms with van der Waals surface area (Å²) in [6.07, 6.45) is 3.80. The van der Waals surface area contributed by atoms with Crippen molar-refractivity contribution in [2.24, 2.45) is 0 Å². The van der Waals surface area contributed by atoms with Crippen LogP contribution >= 0.6 is 12.4 Å². The number of unbranched alkanes of at least 4 members (excludes halogenated alkanes) is 1. The topological polar surface area (TPSA) is 68.2 Å². The van der Waals surface area contributed by atoms with Gasteiger partial charge in [0.1, 0.15) is 23.0 Å². The van der Waals surface area contributed by atoms with E-state index in [0.29, 0.717) is 40.5 Å². The van der Waals surface area contributed by atoms with Gasteiger partial charge in [-0.05, 0) is 56.4 Å². The van der Waals surface area contributed by atoms with Gasteiger partial charge in [0.15, 0.2) is 5.76 Å². The van der Waals surface area contributed by atoms with Crippen LogP contribution in [0.4, 0.5) is 0 Å². The van der Waals surface area contributed by atoms with E-state index in [4.69, 9.17) is 14.2 Å². The summed E-state index contributed by atoms with van der Waals surface area (Å²) in [7, 11) is 5.14. The fraction of sp³-hybridized carbons (Fsp3) is 0.348. The molecule has 1 aliphatic heterocycles. The molecule has 162 valence electrons. The van der Waals surface area contributed by atoms with Gasteiger partial charge in [-0.15, -0.1) is 12.4 Å². The molecular formula is C23H28ClNO5. The Morgan fingerprint density at radius 2 is 1.93 bits per heavy atom. The van der Waals surface area contributed by atoms with Crippen molar-refractivity contribution >= 4 is 24.3 Å². The minimum absolute atomic E-state index is 0. The lowest BCUT2D eigenvalue weighted by Crippen LogP contribution is -2.19. The lowest BCUT2D eigenvalue weighted by atomic mass is 10.0. The smallest absolute Gasteiger partial charge is 0.231 e. The van der Waals surface area contributed by atoms with Gasteiger partial charge >= 0.3 is 0 Å². The standard InChI is InChI=1S/C23H27NO5.ClH/c1-5-6-11-24(2)14-18-19(25)9-8-17-22(26)21(29-23(17)18)13-15-12-16(27-3)7-10-20(15)28-4;/h7-10,12-13,25H,5-6,11,14H2,1-4H3;1H/b21-13-;. The van der Waals surface area contributed by atoms with Crippen LogP contribution in [0.3, 0.4) is 0 Å². The average Bonchev–Trinajstić information content (AvgIpc) is 3.04. The number of aromatic hydroxyl groups is 1. The molecule has 0 radical (unpaired) electrons. The number of nitrogens with zero attached hydrogens (tertiary/aromatic N) is 1. The van der Waals surface area contributed by atoms with E-state index >= 15 is 0 Å². The lowest BCUT2D eigenvalue weighted by Gasteiger charge is -2.18. The SMILES string of the molecule is CCCCN(C)Cc1c(O)ccc2c1O/C(=C\c1cc(OC)ccc1OC)C2=O.Cl. The summed E-state index contributed by atoms with van der Waals surface area (Å²) in [6, 6.07) is 8.50. The number of phenolic OH excluding ortho intramolecular Hbond substituents is 1. The molecule has 0 aromatic heterocycles. The highest BCUT2D eigenvalue weighted by atomic mass is 35.5. The fourth-order valence-electron chi connectivity index (χ4n) is 3.32. The summed E-state index contributed by atoms with van der Waals surface area (Å²) in [5.74, 6) is 1.77. The number of halogens is 1. The summed E-state index contributed by atoms with van der Waals surface area (Å²) < 4.78 is 16.6. The molecule has 0 saturated carbocycles. The second kappa shape index (κ2) is 10.4. The third-order valence-electron chi connectivity index (χ3n) is 4.96. The van der Waals surface area contributed by atoms with Crippen molar-refractivity contribution in [1.82, 2.24) is 4.90 Å². The third-order valence-corrected chi connectivity index (χ3v) is 4.96. The van der Waals surface area contributed by atoms with E-state index in [2.05, 4.69) is 11.8 Å². The van der Waals surface area contributed by atoms with Crippen molar-refractivity contribution in [3.05, 3.63) is 52.8 Å². The zero-order chi connectivity index (χ0) is 21.0. The molecule has 0 spiro atoms. The maximum atomic E-state index is 12.9. The number of phenols is 1. The van der Waals surface area contributed by atoms with Crippen LogP contribution in [0.2, 0.25) is 0 Å². The summed E-state index contributed by atoms with van der Waals surface area (Å²) in [5.41, 5.74) is 1.75. The van der Waals surface area contributed by atoms with E-state index in [0.717, 1.165) is 19.4 Å². The zero-order valence-electron chi connectivity index (χ0n) is 17.7. The predicted molar refractivity (Wildman–Crippen MR) is 119 cm³/mol. The maximum Gasteiger partial charge on any atom is 0.231 e. The van der Waals surface area contributed by atoms with Crippen molar-refractivity contribution in [1.29, 1.82) is 0 Å². The van der Waals surface area contributed by atoms with Crippen LogP contribution in [0.25, 0.3) is 6.08 Å². The fourth-order valence-corrected chi connectivity index (χ4v) is 3.32. The van der Waals surface area contributed by atoms with Crippen molar-refractivity contribution < 1.29 is 24.1 Å². The molecule has 3 rings (SSSR count). The zero-order valence-corrected chi connectivity index (χ0v) is 18.5. The number of hydrogen-bond donors (Lipinski definition) is 1. The molecule has 1 N–H and O–H groups in total. The number of fused-ring (bicyclic) bond motifs is 1. The molecule has 6 nitrogen and oxygen atoms in total. The second-order valence-corrected chi connectivity index (χ2v) is 7.08. The first kappa shape index (κ1) is 23.6. The number of hydrogen-bond acceptors (Lipinski definition) is 6. The van der Waals surface area contributed by atoms with Gasteiger partial charge < -0.3 is 24.2 Å². The highest BCUT2D eigenvalue weighted by Gasteiger charge is 2.31. The Morgan fingerprint density at radius 1 is 1.17 bits per heavy atom. The van der Waals surface area contributed by atoms with Crippen molar-refractivity contribution in [3.63, 3.8) is 0 Å². The van der Waals surface area contributed by atoms with Crippen LogP contribution in [0.15, 0.2) is 36.1 Å². The normalized spacial score (nSPS) is 13.8.